The molecular formula is C20H25FNO2-. The van der Waals surface area contributed by atoms with Crippen molar-refractivity contribution in [2.75, 3.05) is 19.0 Å². The Morgan fingerprint density at radius 1 is 1.21 bits per heavy atom. The summed E-state index contributed by atoms with van der Waals surface area (Å²) in [6, 6.07) is 5.90. The van der Waals surface area contributed by atoms with E-state index in [2.05, 4.69) is 13.8 Å². The van der Waals surface area contributed by atoms with Crippen LogP contribution in [0, 0.1) is 0 Å². The van der Waals surface area contributed by atoms with E-state index in [0.29, 0.717) is 17.1 Å². The molecular weight excluding hydrogens is 305 g/mol. The van der Waals surface area contributed by atoms with Gasteiger partial charge in [-0.15, -0.1) is 0 Å². The van der Waals surface area contributed by atoms with Gasteiger partial charge in [0.25, 0.3) is 0 Å². The standard InChI is InChI=1S/C20H26FNO2/c1-13(2)17-12-16(8-10-19(17)22(5)6)15(4)18(21)9-7-14(3)11-20(23)24/h7-13H,1-6H3,(H,23,24)/p-1/b9-7+,14-11+,18-15+. The van der Waals surface area contributed by atoms with Crippen LogP contribution < -0.4 is 10.0 Å². The van der Waals surface area contributed by atoms with Crippen molar-refractivity contribution in [2.45, 2.75) is 33.6 Å². The summed E-state index contributed by atoms with van der Waals surface area (Å²) in [4.78, 5) is 12.5. The minimum absolute atomic E-state index is 0.321. The molecule has 4 heteroatoms. The highest BCUT2D eigenvalue weighted by atomic mass is 19.1. The Kier molecular flexibility index (Phi) is 6.96. The maximum atomic E-state index is 14.4. The number of anilines is 1. The summed E-state index contributed by atoms with van der Waals surface area (Å²) >= 11 is 0. The quantitative estimate of drug-likeness (QED) is 0.588. The molecule has 0 unspecified atom stereocenters. The number of benzene rings is 1. The SMILES string of the molecule is CC(/C=C/C(F)=C(/C)c1ccc(N(C)C)c(C(C)C)c1)=C\C(=O)[O-]. The number of rotatable bonds is 6. The van der Waals surface area contributed by atoms with E-state index in [0.717, 1.165) is 22.9 Å². The molecule has 0 aliphatic heterocycles. The molecule has 1 rings (SSSR count). The van der Waals surface area contributed by atoms with Crippen molar-refractivity contribution >= 4 is 17.2 Å². The Labute approximate surface area is 143 Å². The zero-order chi connectivity index (χ0) is 18.4. The van der Waals surface area contributed by atoms with E-state index in [9.17, 15) is 14.3 Å². The van der Waals surface area contributed by atoms with Crippen molar-refractivity contribution in [3.63, 3.8) is 0 Å². The van der Waals surface area contributed by atoms with Crippen molar-refractivity contribution in [1.82, 2.24) is 0 Å². The lowest BCUT2D eigenvalue weighted by Gasteiger charge is -2.21. The average molecular weight is 330 g/mol. The molecule has 0 amide bonds. The molecule has 0 heterocycles. The van der Waals surface area contributed by atoms with Crippen molar-refractivity contribution in [3.8, 4) is 0 Å². The van der Waals surface area contributed by atoms with E-state index in [-0.39, 0.29) is 0 Å². The van der Waals surface area contributed by atoms with Gasteiger partial charge < -0.3 is 14.8 Å². The first-order valence-electron chi connectivity index (χ1n) is 7.88. The van der Waals surface area contributed by atoms with Crippen LogP contribution in [0.5, 0.6) is 0 Å². The van der Waals surface area contributed by atoms with E-state index in [1.165, 1.54) is 12.2 Å². The van der Waals surface area contributed by atoms with Gasteiger partial charge in [0, 0.05) is 19.8 Å². The van der Waals surface area contributed by atoms with E-state index in [4.69, 9.17) is 0 Å². The van der Waals surface area contributed by atoms with Crippen molar-refractivity contribution in [1.29, 1.82) is 0 Å². The Morgan fingerprint density at radius 2 is 1.83 bits per heavy atom. The third-order valence-corrected chi connectivity index (χ3v) is 3.76. The first kappa shape index (κ1) is 19.7. The minimum atomic E-state index is -1.29. The maximum absolute atomic E-state index is 14.4. The van der Waals surface area contributed by atoms with Crippen LogP contribution in [-0.2, 0) is 4.79 Å². The number of hydrogen-bond acceptors (Lipinski definition) is 3. The van der Waals surface area contributed by atoms with E-state index in [1.807, 2.05) is 37.2 Å². The molecule has 1 aromatic rings. The number of allylic oxidation sites excluding steroid dienone is 5. The largest absolute Gasteiger partial charge is 0.545 e. The number of carbonyl (C=O) groups excluding carboxylic acids is 1. The third-order valence-electron chi connectivity index (χ3n) is 3.76. The number of carboxylic acids is 1. The fourth-order valence-corrected chi connectivity index (χ4v) is 2.36. The van der Waals surface area contributed by atoms with Gasteiger partial charge in [0.05, 0.1) is 5.97 Å². The Hall–Kier alpha value is -2.36. The molecule has 0 saturated carbocycles. The molecule has 130 valence electrons. The minimum Gasteiger partial charge on any atom is -0.545 e. The summed E-state index contributed by atoms with van der Waals surface area (Å²) in [5, 5.41) is 10.5. The van der Waals surface area contributed by atoms with E-state index >= 15 is 0 Å². The molecule has 0 spiro atoms. The van der Waals surface area contributed by atoms with Crippen LogP contribution in [0.4, 0.5) is 10.1 Å². The lowest BCUT2D eigenvalue weighted by Crippen LogP contribution is -2.19. The zero-order valence-corrected chi connectivity index (χ0v) is 15.2. The maximum Gasteiger partial charge on any atom is 0.126 e. The lowest BCUT2D eigenvalue weighted by atomic mass is 9.95. The zero-order valence-electron chi connectivity index (χ0n) is 15.2. The summed E-state index contributed by atoms with van der Waals surface area (Å²) in [5.74, 6) is -1.37. The molecule has 24 heavy (non-hydrogen) atoms. The highest BCUT2D eigenvalue weighted by Gasteiger charge is 2.11. The monoisotopic (exact) mass is 330 g/mol. The number of halogens is 1. The third kappa shape index (κ3) is 5.37. The molecule has 0 N–H and O–H groups in total. The fourth-order valence-electron chi connectivity index (χ4n) is 2.36. The van der Waals surface area contributed by atoms with E-state index in [1.54, 1.807) is 13.8 Å². The van der Waals surface area contributed by atoms with Gasteiger partial charge in [0.15, 0.2) is 0 Å². The van der Waals surface area contributed by atoms with Crippen molar-refractivity contribution in [2.24, 2.45) is 0 Å². The van der Waals surface area contributed by atoms with Crippen LogP contribution in [-0.4, -0.2) is 20.1 Å². The Bertz CT molecular complexity index is 698. The molecule has 0 aliphatic carbocycles. The van der Waals surface area contributed by atoms with Crippen LogP contribution in [0.3, 0.4) is 0 Å². The van der Waals surface area contributed by atoms with Crippen LogP contribution in [0.1, 0.15) is 44.7 Å². The molecule has 0 bridgehead atoms. The topological polar surface area (TPSA) is 43.4 Å². The molecule has 0 fully saturated rings. The van der Waals surface area contributed by atoms with E-state index < -0.39 is 11.8 Å². The molecule has 0 aliphatic rings. The summed E-state index contributed by atoms with van der Waals surface area (Å²) in [6.45, 7) is 7.51. The van der Waals surface area contributed by atoms with Crippen LogP contribution in [0.25, 0.3) is 5.57 Å². The van der Waals surface area contributed by atoms with Crippen LogP contribution in [0.15, 0.2) is 47.8 Å². The second kappa shape index (κ2) is 8.48. The Morgan fingerprint density at radius 3 is 2.33 bits per heavy atom. The average Bonchev–Trinajstić information content (AvgIpc) is 2.50. The smallest absolute Gasteiger partial charge is 0.126 e. The summed E-state index contributed by atoms with van der Waals surface area (Å²) in [5.41, 5.74) is 4.02. The second-order valence-corrected chi connectivity index (χ2v) is 6.34. The highest BCUT2D eigenvalue weighted by Crippen LogP contribution is 2.31. The molecule has 1 aromatic carbocycles. The van der Waals surface area contributed by atoms with Gasteiger partial charge in [0.2, 0.25) is 0 Å². The molecule has 0 radical (unpaired) electrons. The number of nitrogens with zero attached hydrogens (tertiary/aromatic N) is 1. The van der Waals surface area contributed by atoms with Crippen molar-refractivity contribution in [3.05, 3.63) is 59.0 Å². The molecule has 3 nitrogen and oxygen atoms in total. The molecule has 0 atom stereocenters. The van der Waals surface area contributed by atoms with Crippen molar-refractivity contribution < 1.29 is 14.3 Å². The first-order chi connectivity index (χ1) is 11.1. The normalized spacial score (nSPS) is 13.4. The van der Waals surface area contributed by atoms with Gasteiger partial charge in [-0.3, -0.25) is 0 Å². The lowest BCUT2D eigenvalue weighted by molar-refractivity contribution is -0.297. The molecule has 0 aromatic heterocycles. The number of carboxylic acid groups (broad SMARTS) is 1. The number of hydrogen-bond donors (Lipinski definition) is 0. The summed E-state index contributed by atoms with van der Waals surface area (Å²) in [6.07, 6.45) is 3.63. The number of carbonyl (C=O) groups is 1. The van der Waals surface area contributed by atoms with Gasteiger partial charge in [-0.05, 0) is 66.3 Å². The second-order valence-electron chi connectivity index (χ2n) is 6.34. The first-order valence-corrected chi connectivity index (χ1v) is 7.88. The van der Waals surface area contributed by atoms with Gasteiger partial charge in [-0.2, -0.15) is 0 Å². The predicted octanol–water partition coefficient (Wildman–Crippen LogP) is 3.83. The van der Waals surface area contributed by atoms with Crippen LogP contribution >= 0.6 is 0 Å². The summed E-state index contributed by atoms with van der Waals surface area (Å²) < 4.78 is 14.4. The number of aliphatic carboxylic acids is 1. The summed E-state index contributed by atoms with van der Waals surface area (Å²) in [7, 11) is 3.97. The Balaban J connectivity index is 3.22. The van der Waals surface area contributed by atoms with Gasteiger partial charge in [0.1, 0.15) is 5.83 Å². The van der Waals surface area contributed by atoms with Gasteiger partial charge in [-0.25, -0.2) is 4.39 Å². The fraction of sp³-hybridized carbons (Fsp3) is 0.350. The highest BCUT2D eigenvalue weighted by molar-refractivity contribution is 5.79. The van der Waals surface area contributed by atoms with Gasteiger partial charge >= 0.3 is 0 Å². The van der Waals surface area contributed by atoms with Crippen LogP contribution in [0.2, 0.25) is 0 Å². The predicted molar refractivity (Wildman–Crippen MR) is 96.5 cm³/mol. The molecule has 0 saturated heterocycles. The van der Waals surface area contributed by atoms with Gasteiger partial charge in [-0.1, -0.05) is 26.0 Å².